The van der Waals surface area contributed by atoms with Gasteiger partial charge in [0.05, 0.1) is 17.1 Å². The number of para-hydroxylation sites is 2. The normalized spacial score (nSPS) is 14.1. The summed E-state index contributed by atoms with van der Waals surface area (Å²) in [5, 5.41) is 2.93. The van der Waals surface area contributed by atoms with Crippen LogP contribution in [-0.4, -0.2) is 34.0 Å². The Morgan fingerprint density at radius 2 is 1.61 bits per heavy atom. The second-order valence-electron chi connectivity index (χ2n) is 9.71. The molecule has 194 valence electrons. The summed E-state index contributed by atoms with van der Waals surface area (Å²) in [6.07, 6.45) is 2.88. The molecule has 0 spiro atoms. The summed E-state index contributed by atoms with van der Waals surface area (Å²) < 4.78 is 15.9. The fourth-order valence-electron chi connectivity index (χ4n) is 4.95. The molecule has 38 heavy (non-hydrogen) atoms. The van der Waals surface area contributed by atoms with Crippen molar-refractivity contribution in [3.8, 4) is 5.69 Å². The number of rotatable bonds is 6. The predicted molar refractivity (Wildman–Crippen MR) is 148 cm³/mol. The number of halogens is 1. The summed E-state index contributed by atoms with van der Waals surface area (Å²) >= 11 is 0. The second kappa shape index (κ2) is 10.5. The van der Waals surface area contributed by atoms with Crippen LogP contribution in [0, 0.1) is 5.82 Å². The Bertz CT molecular complexity index is 1440. The Morgan fingerprint density at radius 3 is 2.26 bits per heavy atom. The molecule has 0 radical (unpaired) electrons. The maximum atomic E-state index is 14.1. The Kier molecular flexibility index (Phi) is 7.01. The highest BCUT2D eigenvalue weighted by Crippen LogP contribution is 2.42. The van der Waals surface area contributed by atoms with Crippen LogP contribution in [0.25, 0.3) is 5.69 Å². The number of nitrogens with zero attached hydrogens (tertiary/aromatic N) is 3. The average Bonchev–Trinajstić information content (AvgIpc) is 3.41. The van der Waals surface area contributed by atoms with Crippen molar-refractivity contribution in [2.45, 2.75) is 39.3 Å². The van der Waals surface area contributed by atoms with E-state index in [9.17, 15) is 14.0 Å². The molecule has 3 amide bonds. The molecule has 3 aromatic carbocycles. The van der Waals surface area contributed by atoms with Crippen molar-refractivity contribution in [3.05, 3.63) is 114 Å². The molecular weight excluding hydrogens is 479 g/mol. The number of fused-ring (bicyclic) bond motifs is 3. The van der Waals surface area contributed by atoms with Gasteiger partial charge in [0, 0.05) is 17.9 Å². The van der Waals surface area contributed by atoms with E-state index in [-0.39, 0.29) is 30.3 Å². The summed E-state index contributed by atoms with van der Waals surface area (Å²) in [5.74, 6) is -0.572. The lowest BCUT2D eigenvalue weighted by Crippen LogP contribution is -2.49. The lowest BCUT2D eigenvalue weighted by atomic mass is 9.97. The third kappa shape index (κ3) is 4.79. The maximum absolute atomic E-state index is 14.1. The highest BCUT2D eigenvalue weighted by Gasteiger charge is 2.37. The number of amides is 3. The fraction of sp³-hybridized carbons (Fsp3) is 0.226. The number of hydrogen-bond acceptors (Lipinski definition) is 2. The minimum atomic E-state index is -0.480. The molecule has 1 unspecified atom stereocenters. The van der Waals surface area contributed by atoms with Gasteiger partial charge in [-0.1, -0.05) is 43.3 Å². The third-order valence-electron chi connectivity index (χ3n) is 6.98. The number of nitrogens with one attached hydrogen (secondary N) is 1. The fourth-order valence-corrected chi connectivity index (χ4v) is 4.95. The number of carbonyl (C=O) groups excluding carboxylic acids is 2. The molecule has 0 fully saturated rings. The molecule has 1 aromatic heterocycles. The minimum Gasteiger partial charge on any atom is -0.316 e. The molecular formula is C31H31FN4O2. The third-order valence-corrected chi connectivity index (χ3v) is 6.98. The van der Waals surface area contributed by atoms with Crippen molar-refractivity contribution >= 4 is 23.3 Å². The molecule has 1 N–H and O–H groups in total. The first kappa shape index (κ1) is 25.3. The first-order valence-corrected chi connectivity index (χ1v) is 12.9. The van der Waals surface area contributed by atoms with Gasteiger partial charge in [0.15, 0.2) is 0 Å². The quantitative estimate of drug-likeness (QED) is 0.320. The lowest BCUT2D eigenvalue weighted by Gasteiger charge is -2.40. The van der Waals surface area contributed by atoms with E-state index < -0.39 is 6.04 Å². The average molecular weight is 511 g/mol. The second-order valence-corrected chi connectivity index (χ2v) is 9.71. The molecule has 0 saturated heterocycles. The first-order chi connectivity index (χ1) is 18.4. The molecule has 2 heterocycles. The Morgan fingerprint density at radius 1 is 0.921 bits per heavy atom. The van der Waals surface area contributed by atoms with Gasteiger partial charge in [-0.05, 0) is 79.9 Å². The van der Waals surface area contributed by atoms with Crippen LogP contribution in [0.2, 0.25) is 0 Å². The van der Waals surface area contributed by atoms with E-state index in [0.717, 1.165) is 29.1 Å². The Labute approximate surface area is 222 Å². The number of aromatic nitrogens is 1. The largest absolute Gasteiger partial charge is 0.322 e. The van der Waals surface area contributed by atoms with Crippen molar-refractivity contribution in [2.75, 3.05) is 16.8 Å². The number of urea groups is 1. The maximum Gasteiger partial charge on any atom is 0.322 e. The predicted octanol–water partition coefficient (Wildman–Crippen LogP) is 6.56. The highest BCUT2D eigenvalue weighted by molar-refractivity contribution is 6.01. The highest BCUT2D eigenvalue weighted by atomic mass is 19.1. The molecule has 1 aliphatic heterocycles. The van der Waals surface area contributed by atoms with Crippen LogP contribution in [0.3, 0.4) is 0 Å². The van der Waals surface area contributed by atoms with Crippen LogP contribution >= 0.6 is 0 Å². The Hall–Kier alpha value is -4.39. The van der Waals surface area contributed by atoms with Crippen molar-refractivity contribution in [3.63, 3.8) is 0 Å². The molecule has 0 aliphatic carbocycles. The van der Waals surface area contributed by atoms with Gasteiger partial charge >= 0.3 is 6.03 Å². The van der Waals surface area contributed by atoms with Gasteiger partial charge in [0.1, 0.15) is 18.4 Å². The number of anilines is 2. The van der Waals surface area contributed by atoms with E-state index in [1.165, 1.54) is 22.6 Å². The van der Waals surface area contributed by atoms with E-state index in [4.69, 9.17) is 0 Å². The van der Waals surface area contributed by atoms with Crippen LogP contribution in [0.4, 0.5) is 20.6 Å². The zero-order chi connectivity index (χ0) is 26.8. The standard InChI is InChI=1S/C31H31FN4O2/c1-4-22-11-17-25(18-12-22)33-31(38)35(21(2)3)20-29(37)36-27-9-6-5-8-26(27)34-19-7-10-28(34)30(36)23-13-15-24(32)16-14-23/h5-19,21,30H,4,20H2,1-3H3,(H,33,38). The zero-order valence-electron chi connectivity index (χ0n) is 21.8. The topological polar surface area (TPSA) is 57.6 Å². The van der Waals surface area contributed by atoms with Crippen molar-refractivity contribution in [2.24, 2.45) is 0 Å². The van der Waals surface area contributed by atoms with Gasteiger partial charge < -0.3 is 14.8 Å². The van der Waals surface area contributed by atoms with E-state index in [0.29, 0.717) is 5.69 Å². The van der Waals surface area contributed by atoms with E-state index in [1.807, 2.05) is 80.7 Å². The lowest BCUT2D eigenvalue weighted by molar-refractivity contribution is -0.119. The van der Waals surface area contributed by atoms with Gasteiger partial charge in [0.25, 0.3) is 0 Å². The first-order valence-electron chi connectivity index (χ1n) is 12.9. The molecule has 1 aliphatic rings. The van der Waals surface area contributed by atoms with Gasteiger partial charge in [-0.15, -0.1) is 0 Å². The smallest absolute Gasteiger partial charge is 0.316 e. The van der Waals surface area contributed by atoms with Gasteiger partial charge in [-0.3, -0.25) is 9.69 Å². The van der Waals surface area contributed by atoms with Gasteiger partial charge in [0.2, 0.25) is 5.91 Å². The number of benzene rings is 3. The van der Waals surface area contributed by atoms with Crippen LogP contribution in [0.5, 0.6) is 0 Å². The molecule has 0 bridgehead atoms. The van der Waals surface area contributed by atoms with E-state index in [2.05, 4.69) is 16.8 Å². The molecule has 7 heteroatoms. The summed E-state index contributed by atoms with van der Waals surface area (Å²) in [6.45, 7) is 5.73. The number of aryl methyl sites for hydroxylation is 1. The van der Waals surface area contributed by atoms with E-state index in [1.54, 1.807) is 17.0 Å². The molecule has 4 aromatic rings. The van der Waals surface area contributed by atoms with Gasteiger partial charge in [-0.2, -0.15) is 0 Å². The van der Waals surface area contributed by atoms with Crippen molar-refractivity contribution in [1.29, 1.82) is 0 Å². The zero-order valence-corrected chi connectivity index (χ0v) is 21.8. The van der Waals surface area contributed by atoms with Crippen LogP contribution in [-0.2, 0) is 11.2 Å². The minimum absolute atomic E-state index is 0.122. The van der Waals surface area contributed by atoms with Crippen LogP contribution in [0.15, 0.2) is 91.1 Å². The van der Waals surface area contributed by atoms with E-state index >= 15 is 0 Å². The summed E-state index contributed by atoms with van der Waals surface area (Å²) in [7, 11) is 0. The number of carbonyl (C=O) groups is 2. The number of hydrogen-bond donors (Lipinski definition) is 1. The molecule has 1 atom stereocenters. The molecule has 5 rings (SSSR count). The Balaban J connectivity index is 1.49. The van der Waals surface area contributed by atoms with Crippen molar-refractivity contribution in [1.82, 2.24) is 9.47 Å². The SMILES string of the molecule is CCc1ccc(NC(=O)N(CC(=O)N2c3ccccc3-n3cccc3C2c2ccc(F)cc2)C(C)C)cc1. The summed E-state index contributed by atoms with van der Waals surface area (Å²) in [6, 6.07) is 24.5. The van der Waals surface area contributed by atoms with Crippen LogP contribution < -0.4 is 10.2 Å². The monoisotopic (exact) mass is 510 g/mol. The molecule has 6 nitrogen and oxygen atoms in total. The molecule has 0 saturated carbocycles. The summed E-state index contributed by atoms with van der Waals surface area (Å²) in [5.41, 5.74) is 5.13. The van der Waals surface area contributed by atoms with Crippen molar-refractivity contribution < 1.29 is 14.0 Å². The summed E-state index contributed by atoms with van der Waals surface area (Å²) in [4.78, 5) is 30.7. The van der Waals surface area contributed by atoms with Crippen LogP contribution in [0.1, 0.15) is 43.6 Å². The van der Waals surface area contributed by atoms with Gasteiger partial charge in [-0.25, -0.2) is 9.18 Å².